The summed E-state index contributed by atoms with van der Waals surface area (Å²) in [7, 11) is 0. The number of hydrogen-bond donors (Lipinski definition) is 11. The van der Waals surface area contributed by atoms with E-state index in [4.69, 9.17) is 11.5 Å². The van der Waals surface area contributed by atoms with Gasteiger partial charge >= 0.3 is 5.97 Å². The molecular weight excluding hydrogens is 588 g/mol. The number of amides is 6. The van der Waals surface area contributed by atoms with Crippen molar-refractivity contribution in [2.45, 2.75) is 101 Å². The first-order valence-electron chi connectivity index (χ1n) is 14.1. The zero-order valence-electron chi connectivity index (χ0n) is 24.8. The number of carbonyl (C=O) groups excluding carboxylic acids is 6. The average Bonchev–Trinajstić information content (AvgIpc) is 2.95. The lowest BCUT2D eigenvalue weighted by atomic mass is 10.1. The third kappa shape index (κ3) is 11.6. The lowest BCUT2D eigenvalue weighted by Crippen LogP contribution is -2.62. The van der Waals surface area contributed by atoms with Crippen molar-refractivity contribution in [2.75, 3.05) is 13.1 Å². The van der Waals surface area contributed by atoms with Gasteiger partial charge in [0.1, 0.15) is 30.2 Å². The van der Waals surface area contributed by atoms with E-state index in [9.17, 15) is 54.1 Å². The topological polar surface area (TPSA) is 316 Å². The number of carboxylic acid groups (broad SMARTS) is 1. The largest absolute Gasteiger partial charge is 0.479 e. The van der Waals surface area contributed by atoms with Crippen LogP contribution in [0.2, 0.25) is 0 Å². The Balaban J connectivity index is 2.84. The SMILES string of the molecule is C[C@H](NC(=O)[C@H](NC(=O)[C@H](C)NC(=O)[C@H](NC(=O)[C@@H](N)CCCCN)[C@@H](O)C(=O)O)[C@@H](C)O)C(=O)N[C@@H]1CCCN(O)C1=O. The van der Waals surface area contributed by atoms with Gasteiger partial charge in [-0.1, -0.05) is 6.42 Å². The summed E-state index contributed by atoms with van der Waals surface area (Å²) in [4.78, 5) is 86.7. The van der Waals surface area contributed by atoms with E-state index in [1.807, 2.05) is 0 Å². The summed E-state index contributed by atoms with van der Waals surface area (Å²) in [6.07, 6.45) is -1.98. The van der Waals surface area contributed by atoms with E-state index >= 15 is 0 Å². The molecule has 19 heteroatoms. The van der Waals surface area contributed by atoms with Crippen LogP contribution in [0.5, 0.6) is 0 Å². The van der Waals surface area contributed by atoms with Crippen LogP contribution in [-0.2, 0) is 33.6 Å². The van der Waals surface area contributed by atoms with Gasteiger partial charge in [-0.15, -0.1) is 0 Å². The number of aliphatic hydroxyl groups is 2. The summed E-state index contributed by atoms with van der Waals surface area (Å²) < 4.78 is 0. The van der Waals surface area contributed by atoms with Gasteiger partial charge in [-0.3, -0.25) is 34.0 Å². The number of carboxylic acids is 1. The molecule has 0 aliphatic carbocycles. The van der Waals surface area contributed by atoms with Crippen molar-refractivity contribution < 1.29 is 54.1 Å². The number of nitrogens with one attached hydrogen (secondary N) is 5. The zero-order valence-corrected chi connectivity index (χ0v) is 24.8. The molecule has 6 amide bonds. The van der Waals surface area contributed by atoms with Crippen LogP contribution < -0.4 is 38.1 Å². The quantitative estimate of drug-likeness (QED) is 0.0528. The molecule has 0 radical (unpaired) electrons. The highest BCUT2D eigenvalue weighted by Crippen LogP contribution is 2.10. The van der Waals surface area contributed by atoms with Gasteiger partial charge in [0.2, 0.25) is 29.5 Å². The van der Waals surface area contributed by atoms with Crippen LogP contribution >= 0.6 is 0 Å². The van der Waals surface area contributed by atoms with Crippen molar-refractivity contribution in [1.82, 2.24) is 31.6 Å². The van der Waals surface area contributed by atoms with E-state index in [2.05, 4.69) is 26.6 Å². The Morgan fingerprint density at radius 2 is 1.41 bits per heavy atom. The number of unbranched alkanes of at least 4 members (excludes halogenated alkanes) is 1. The summed E-state index contributed by atoms with van der Waals surface area (Å²) >= 11 is 0. The fourth-order valence-corrected chi connectivity index (χ4v) is 4.04. The maximum atomic E-state index is 12.8. The molecular formula is C25H44N8O11. The molecule has 1 fully saturated rings. The third-order valence-corrected chi connectivity index (χ3v) is 6.75. The third-order valence-electron chi connectivity index (χ3n) is 6.75. The van der Waals surface area contributed by atoms with Crippen LogP contribution in [0.1, 0.15) is 52.9 Å². The normalized spacial score (nSPS) is 19.7. The number of rotatable bonds is 17. The minimum atomic E-state index is -2.40. The number of piperidine rings is 1. The van der Waals surface area contributed by atoms with Crippen molar-refractivity contribution in [3.63, 3.8) is 0 Å². The molecule has 1 rings (SSSR count). The van der Waals surface area contributed by atoms with Gasteiger partial charge in [0.05, 0.1) is 12.1 Å². The molecule has 0 aromatic heterocycles. The highest BCUT2D eigenvalue weighted by atomic mass is 16.5. The van der Waals surface area contributed by atoms with Crippen LogP contribution in [0.25, 0.3) is 0 Å². The van der Waals surface area contributed by atoms with Gasteiger partial charge in [-0.25, -0.2) is 9.86 Å². The van der Waals surface area contributed by atoms with Crippen LogP contribution in [0.4, 0.5) is 0 Å². The predicted molar refractivity (Wildman–Crippen MR) is 150 cm³/mol. The maximum Gasteiger partial charge on any atom is 0.335 e. The van der Waals surface area contributed by atoms with E-state index in [-0.39, 0.29) is 19.4 Å². The maximum absolute atomic E-state index is 12.8. The number of hydrogen-bond acceptors (Lipinski definition) is 12. The first-order chi connectivity index (χ1) is 20.5. The Bertz CT molecular complexity index is 1060. The summed E-state index contributed by atoms with van der Waals surface area (Å²) in [6.45, 7) is 4.08. The zero-order chi connectivity index (χ0) is 33.7. The van der Waals surface area contributed by atoms with Crippen molar-refractivity contribution >= 4 is 41.4 Å². The Labute approximate surface area is 253 Å². The van der Waals surface area contributed by atoms with Crippen LogP contribution in [0.3, 0.4) is 0 Å². The molecule has 8 atom stereocenters. The van der Waals surface area contributed by atoms with E-state index < -0.39 is 89.9 Å². The van der Waals surface area contributed by atoms with Gasteiger partial charge < -0.3 is 53.4 Å². The van der Waals surface area contributed by atoms with Crippen molar-refractivity contribution in [2.24, 2.45) is 11.5 Å². The fraction of sp³-hybridized carbons (Fsp3) is 0.720. The monoisotopic (exact) mass is 632 g/mol. The molecule has 1 aliphatic heterocycles. The van der Waals surface area contributed by atoms with Crippen molar-refractivity contribution in [3.8, 4) is 0 Å². The minimum absolute atomic E-state index is 0.116. The molecule has 13 N–H and O–H groups in total. The molecule has 1 aliphatic rings. The van der Waals surface area contributed by atoms with E-state index in [1.54, 1.807) is 0 Å². The van der Waals surface area contributed by atoms with Gasteiger partial charge in [-0.2, -0.15) is 0 Å². The lowest BCUT2D eigenvalue weighted by Gasteiger charge is -2.29. The molecule has 0 aromatic carbocycles. The number of aliphatic carboxylic acids is 1. The number of carbonyl (C=O) groups is 7. The van der Waals surface area contributed by atoms with Gasteiger partial charge in [0.25, 0.3) is 5.91 Å². The number of nitrogens with two attached hydrogens (primary N) is 2. The smallest absolute Gasteiger partial charge is 0.335 e. The van der Waals surface area contributed by atoms with Gasteiger partial charge in [0.15, 0.2) is 6.10 Å². The van der Waals surface area contributed by atoms with Crippen molar-refractivity contribution in [1.29, 1.82) is 0 Å². The second-order valence-corrected chi connectivity index (χ2v) is 10.5. The minimum Gasteiger partial charge on any atom is -0.479 e. The molecule has 0 bridgehead atoms. The number of aliphatic hydroxyl groups excluding tert-OH is 2. The van der Waals surface area contributed by atoms with Gasteiger partial charge in [-0.05, 0) is 53.0 Å². The molecule has 0 spiro atoms. The molecule has 1 saturated heterocycles. The Kier molecular flexibility index (Phi) is 15.6. The summed E-state index contributed by atoms with van der Waals surface area (Å²) in [5.74, 6) is -7.53. The first kappa shape index (κ1) is 38.1. The highest BCUT2D eigenvalue weighted by Gasteiger charge is 2.37. The predicted octanol–water partition coefficient (Wildman–Crippen LogP) is -5.26. The van der Waals surface area contributed by atoms with E-state index in [0.717, 1.165) is 6.92 Å². The average molecular weight is 633 g/mol. The lowest BCUT2D eigenvalue weighted by molar-refractivity contribution is -0.173. The Hall–Kier alpha value is -3.91. The molecule has 0 aromatic rings. The molecule has 19 nitrogen and oxygen atoms in total. The van der Waals surface area contributed by atoms with Crippen molar-refractivity contribution in [3.05, 3.63) is 0 Å². The van der Waals surface area contributed by atoms with E-state index in [1.165, 1.54) is 13.8 Å². The molecule has 250 valence electrons. The Morgan fingerprint density at radius 3 is 1.95 bits per heavy atom. The number of hydroxylamine groups is 2. The second-order valence-electron chi connectivity index (χ2n) is 10.5. The Morgan fingerprint density at radius 1 is 0.864 bits per heavy atom. The summed E-state index contributed by atoms with van der Waals surface area (Å²) in [5, 5.41) is 50.5. The van der Waals surface area contributed by atoms with Crippen LogP contribution in [-0.4, -0.2) is 129 Å². The van der Waals surface area contributed by atoms with Crippen LogP contribution in [0, 0.1) is 0 Å². The van der Waals surface area contributed by atoms with Crippen LogP contribution in [0.15, 0.2) is 0 Å². The number of nitrogens with zero attached hydrogens (tertiary/aromatic N) is 1. The molecule has 44 heavy (non-hydrogen) atoms. The summed E-state index contributed by atoms with van der Waals surface area (Å²) in [6, 6.07) is -8.52. The van der Waals surface area contributed by atoms with Gasteiger partial charge in [0, 0.05) is 6.54 Å². The second kappa shape index (κ2) is 18.0. The fourth-order valence-electron chi connectivity index (χ4n) is 4.04. The highest BCUT2D eigenvalue weighted by molar-refractivity contribution is 5.98. The summed E-state index contributed by atoms with van der Waals surface area (Å²) in [5.41, 5.74) is 11.2. The molecule has 0 saturated carbocycles. The molecule has 1 heterocycles. The first-order valence-corrected chi connectivity index (χ1v) is 14.1. The standard InChI is InChI=1S/C25H44N8O11/c1-11(19(36)30-15-8-6-10-33(44)24(15)41)28-22(39)16(13(3)34)31-20(37)12(2)29-23(40)17(18(35)25(42)43)32-21(38)14(27)7-4-5-9-26/h11-18,34-35,44H,4-10,26-27H2,1-3H3,(H,28,39)(H,29,40)(H,30,36)(H,31,37)(H,32,38)(H,42,43)/t11-,12-,13+,14-,15+,16+,17+,18+/m0/s1. The van der Waals surface area contributed by atoms with E-state index in [0.29, 0.717) is 30.9 Å². The molecule has 0 unspecified atom stereocenters.